The number of nitrogens with zero attached hydrogens (tertiary/aromatic N) is 3. The van der Waals surface area contributed by atoms with Gasteiger partial charge in [-0.25, -0.2) is 4.98 Å². The van der Waals surface area contributed by atoms with Gasteiger partial charge in [0.05, 0.1) is 12.7 Å². The normalized spacial score (nSPS) is 22.9. The summed E-state index contributed by atoms with van der Waals surface area (Å²) in [4.78, 5) is 18.6. The molecule has 110 valence electrons. The number of amides is 1. The van der Waals surface area contributed by atoms with Crippen LogP contribution in [-0.2, 0) is 11.3 Å². The Morgan fingerprint density at radius 1 is 1.60 bits per heavy atom. The summed E-state index contributed by atoms with van der Waals surface area (Å²) >= 11 is 0. The lowest BCUT2D eigenvalue weighted by Gasteiger charge is -2.29. The van der Waals surface area contributed by atoms with Crippen LogP contribution in [0.15, 0.2) is 6.20 Å². The van der Waals surface area contributed by atoms with E-state index < -0.39 is 0 Å². The molecular formula is C13H21N5O2. The first-order valence-corrected chi connectivity index (χ1v) is 7.12. The number of morpholine rings is 1. The van der Waals surface area contributed by atoms with Gasteiger partial charge in [-0.1, -0.05) is 0 Å². The Balaban J connectivity index is 1.55. The van der Waals surface area contributed by atoms with Crippen molar-refractivity contribution in [2.45, 2.75) is 19.1 Å². The number of carbonyl (C=O) groups excluding carboxylic acids is 1. The van der Waals surface area contributed by atoms with Crippen molar-refractivity contribution in [3.8, 4) is 0 Å². The average Bonchev–Trinajstić information content (AvgIpc) is 2.89. The van der Waals surface area contributed by atoms with E-state index in [4.69, 9.17) is 4.74 Å². The van der Waals surface area contributed by atoms with Crippen molar-refractivity contribution in [1.29, 1.82) is 0 Å². The highest BCUT2D eigenvalue weighted by Gasteiger charge is 2.20. The number of imidazole rings is 1. The van der Waals surface area contributed by atoms with Crippen LogP contribution in [0.1, 0.15) is 16.9 Å². The van der Waals surface area contributed by atoms with Crippen LogP contribution in [0.25, 0.3) is 0 Å². The molecule has 0 aromatic carbocycles. The molecule has 20 heavy (non-hydrogen) atoms. The zero-order valence-corrected chi connectivity index (χ0v) is 11.8. The molecule has 7 nitrogen and oxygen atoms in total. The predicted molar refractivity (Wildman–Crippen MR) is 74.9 cm³/mol. The molecule has 0 saturated carbocycles. The van der Waals surface area contributed by atoms with Crippen LogP contribution in [0, 0.1) is 0 Å². The summed E-state index contributed by atoms with van der Waals surface area (Å²) in [5.74, 6) is 0.653. The molecule has 0 spiro atoms. The highest BCUT2D eigenvalue weighted by atomic mass is 16.5. The van der Waals surface area contributed by atoms with Crippen molar-refractivity contribution in [3.05, 3.63) is 11.9 Å². The fourth-order valence-corrected chi connectivity index (χ4v) is 2.57. The van der Waals surface area contributed by atoms with Gasteiger partial charge in [0.1, 0.15) is 5.69 Å². The van der Waals surface area contributed by atoms with Crippen LogP contribution in [0.2, 0.25) is 0 Å². The molecule has 1 amide bonds. The van der Waals surface area contributed by atoms with E-state index in [1.165, 1.54) is 0 Å². The van der Waals surface area contributed by atoms with E-state index in [2.05, 4.69) is 27.6 Å². The van der Waals surface area contributed by atoms with Crippen LogP contribution in [0.5, 0.6) is 0 Å². The number of carbonyl (C=O) groups is 1. The Labute approximate surface area is 118 Å². The fraction of sp³-hybridized carbons (Fsp3) is 0.692. The van der Waals surface area contributed by atoms with E-state index in [0.717, 1.165) is 45.2 Å². The number of aryl methyl sites for hydroxylation is 1. The van der Waals surface area contributed by atoms with Gasteiger partial charge in [-0.2, -0.15) is 0 Å². The standard InChI is InChI=1S/C13H21N5O2/c1-17-5-6-20-10(8-17)7-15-12(19)11-9-18-4-2-3-14-13(18)16-11/h9-10H,2-8H2,1H3,(H,14,16)(H,15,19). The van der Waals surface area contributed by atoms with Crippen molar-refractivity contribution in [2.75, 3.05) is 45.2 Å². The summed E-state index contributed by atoms with van der Waals surface area (Å²) in [5.41, 5.74) is 0.471. The lowest BCUT2D eigenvalue weighted by Crippen LogP contribution is -2.45. The van der Waals surface area contributed by atoms with Crippen molar-refractivity contribution < 1.29 is 9.53 Å². The second-order valence-corrected chi connectivity index (χ2v) is 5.39. The van der Waals surface area contributed by atoms with Gasteiger partial charge >= 0.3 is 0 Å². The summed E-state index contributed by atoms with van der Waals surface area (Å²) in [6.07, 6.45) is 2.94. The topological polar surface area (TPSA) is 71.4 Å². The SMILES string of the molecule is CN1CCOC(CNC(=O)c2cn3c(n2)NCCC3)C1. The maximum Gasteiger partial charge on any atom is 0.271 e. The molecule has 1 atom stereocenters. The number of fused-ring (bicyclic) bond motifs is 1. The van der Waals surface area contributed by atoms with Gasteiger partial charge in [0, 0.05) is 38.9 Å². The van der Waals surface area contributed by atoms with Gasteiger partial charge in [-0.3, -0.25) is 4.79 Å². The van der Waals surface area contributed by atoms with E-state index in [9.17, 15) is 4.79 Å². The van der Waals surface area contributed by atoms with Crippen LogP contribution in [-0.4, -0.2) is 66.3 Å². The molecule has 0 bridgehead atoms. The number of hydrogen-bond donors (Lipinski definition) is 2. The number of anilines is 1. The third-order valence-corrected chi connectivity index (χ3v) is 3.70. The molecule has 2 aliphatic heterocycles. The third-order valence-electron chi connectivity index (χ3n) is 3.70. The lowest BCUT2D eigenvalue weighted by molar-refractivity contribution is -0.0175. The highest BCUT2D eigenvalue weighted by Crippen LogP contribution is 2.14. The number of nitrogens with one attached hydrogen (secondary N) is 2. The molecule has 1 aromatic heterocycles. The van der Waals surface area contributed by atoms with Gasteiger partial charge in [-0.05, 0) is 13.5 Å². The van der Waals surface area contributed by atoms with E-state index in [1.54, 1.807) is 0 Å². The number of rotatable bonds is 3. The summed E-state index contributed by atoms with van der Waals surface area (Å²) in [7, 11) is 2.06. The quantitative estimate of drug-likeness (QED) is 0.799. The molecular weight excluding hydrogens is 258 g/mol. The molecule has 0 radical (unpaired) electrons. The first-order valence-electron chi connectivity index (χ1n) is 7.12. The predicted octanol–water partition coefficient (Wildman–Crippen LogP) is -0.241. The summed E-state index contributed by atoms with van der Waals surface area (Å²) < 4.78 is 7.61. The van der Waals surface area contributed by atoms with Crippen LogP contribution in [0.4, 0.5) is 5.95 Å². The molecule has 3 rings (SSSR count). The van der Waals surface area contributed by atoms with Crippen LogP contribution in [0.3, 0.4) is 0 Å². The first kappa shape index (κ1) is 13.4. The monoisotopic (exact) mass is 279 g/mol. The van der Waals surface area contributed by atoms with Gasteiger partial charge in [0.25, 0.3) is 5.91 Å². The second-order valence-electron chi connectivity index (χ2n) is 5.39. The number of likely N-dealkylation sites (N-methyl/N-ethyl adjacent to an activating group) is 1. The van der Waals surface area contributed by atoms with E-state index >= 15 is 0 Å². The zero-order valence-electron chi connectivity index (χ0n) is 11.8. The fourth-order valence-electron chi connectivity index (χ4n) is 2.57. The molecule has 1 fully saturated rings. The van der Waals surface area contributed by atoms with Crippen molar-refractivity contribution in [3.63, 3.8) is 0 Å². The summed E-state index contributed by atoms with van der Waals surface area (Å²) in [6.45, 7) is 4.88. The van der Waals surface area contributed by atoms with E-state index in [-0.39, 0.29) is 12.0 Å². The van der Waals surface area contributed by atoms with Gasteiger partial charge in [-0.15, -0.1) is 0 Å². The largest absolute Gasteiger partial charge is 0.374 e. The molecule has 2 aliphatic rings. The minimum absolute atomic E-state index is 0.0630. The van der Waals surface area contributed by atoms with Crippen molar-refractivity contribution in [1.82, 2.24) is 19.8 Å². The molecule has 3 heterocycles. The summed E-state index contributed by atoms with van der Waals surface area (Å²) in [6, 6.07) is 0. The Bertz CT molecular complexity index is 464. The smallest absolute Gasteiger partial charge is 0.271 e. The van der Waals surface area contributed by atoms with E-state index in [0.29, 0.717) is 12.2 Å². The van der Waals surface area contributed by atoms with Crippen LogP contribution >= 0.6 is 0 Å². The average molecular weight is 279 g/mol. The van der Waals surface area contributed by atoms with Gasteiger partial charge < -0.3 is 24.8 Å². The third kappa shape index (κ3) is 2.94. The molecule has 1 saturated heterocycles. The minimum atomic E-state index is -0.134. The molecule has 0 aliphatic carbocycles. The molecule has 1 aromatic rings. The lowest BCUT2D eigenvalue weighted by atomic mass is 10.3. The zero-order chi connectivity index (χ0) is 13.9. The Hall–Kier alpha value is -1.60. The Morgan fingerprint density at radius 2 is 2.50 bits per heavy atom. The van der Waals surface area contributed by atoms with Gasteiger partial charge in [0.15, 0.2) is 0 Å². The van der Waals surface area contributed by atoms with Crippen molar-refractivity contribution >= 4 is 11.9 Å². The summed E-state index contributed by atoms with van der Waals surface area (Å²) in [5, 5.41) is 6.09. The number of aromatic nitrogens is 2. The van der Waals surface area contributed by atoms with E-state index in [1.807, 2.05) is 10.8 Å². The minimum Gasteiger partial charge on any atom is -0.374 e. The highest BCUT2D eigenvalue weighted by molar-refractivity contribution is 5.92. The maximum absolute atomic E-state index is 12.1. The Morgan fingerprint density at radius 3 is 3.30 bits per heavy atom. The molecule has 1 unspecified atom stereocenters. The second kappa shape index (κ2) is 5.80. The molecule has 2 N–H and O–H groups in total. The maximum atomic E-state index is 12.1. The Kier molecular flexibility index (Phi) is 3.88. The number of hydrogen-bond acceptors (Lipinski definition) is 5. The molecule has 7 heteroatoms. The first-order chi connectivity index (χ1) is 9.72. The van der Waals surface area contributed by atoms with Crippen LogP contribution < -0.4 is 10.6 Å². The van der Waals surface area contributed by atoms with Crippen molar-refractivity contribution in [2.24, 2.45) is 0 Å². The van der Waals surface area contributed by atoms with Gasteiger partial charge in [0.2, 0.25) is 5.95 Å². The number of ether oxygens (including phenoxy) is 1.